The lowest BCUT2D eigenvalue weighted by Gasteiger charge is -2.27. The number of anilines is 1. The number of thiophene rings is 1. The predicted molar refractivity (Wildman–Crippen MR) is 118 cm³/mol. The van der Waals surface area contributed by atoms with Gasteiger partial charge in [-0.25, -0.2) is 4.79 Å². The number of esters is 1. The summed E-state index contributed by atoms with van der Waals surface area (Å²) in [5, 5.41) is 0.781. The van der Waals surface area contributed by atoms with E-state index in [4.69, 9.17) is 38.4 Å². The first-order valence-corrected chi connectivity index (χ1v) is 11.1. The van der Waals surface area contributed by atoms with Crippen molar-refractivity contribution in [3.05, 3.63) is 49.3 Å². The zero-order valence-electron chi connectivity index (χ0n) is 17.1. The molecule has 1 atom stereocenters. The average molecular weight is 483 g/mol. The first-order valence-electron chi connectivity index (χ1n) is 9.56. The van der Waals surface area contributed by atoms with Crippen molar-refractivity contribution in [3.63, 3.8) is 0 Å². The SMILES string of the molecule is CC(C)(C)OC(=O)c1c(N)sc2c1CC(CN1C(=O)c3cc(Cl)c(Cl)cc3C1=O)OC2. The second-order valence-corrected chi connectivity index (χ2v) is 10.4. The number of hydrogen-bond acceptors (Lipinski definition) is 7. The van der Waals surface area contributed by atoms with Crippen molar-refractivity contribution >= 4 is 57.3 Å². The number of ether oxygens (including phenoxy) is 2. The highest BCUT2D eigenvalue weighted by molar-refractivity contribution is 7.16. The minimum absolute atomic E-state index is 0.0323. The number of carbonyl (C=O) groups is 3. The van der Waals surface area contributed by atoms with E-state index in [1.165, 1.54) is 23.5 Å². The summed E-state index contributed by atoms with van der Waals surface area (Å²) in [7, 11) is 0. The molecule has 0 saturated heterocycles. The van der Waals surface area contributed by atoms with Crippen LogP contribution in [0.25, 0.3) is 0 Å². The molecule has 2 aromatic rings. The smallest absolute Gasteiger partial charge is 0.341 e. The van der Waals surface area contributed by atoms with Crippen LogP contribution in [0.2, 0.25) is 10.0 Å². The first-order chi connectivity index (χ1) is 14.5. The third-order valence-corrected chi connectivity index (χ3v) is 6.76. The van der Waals surface area contributed by atoms with Gasteiger partial charge in [0.1, 0.15) is 10.6 Å². The summed E-state index contributed by atoms with van der Waals surface area (Å²) in [5.41, 5.74) is 6.95. The van der Waals surface area contributed by atoms with Crippen LogP contribution in [0.3, 0.4) is 0 Å². The van der Waals surface area contributed by atoms with E-state index in [1.54, 1.807) is 20.8 Å². The van der Waals surface area contributed by atoms with Crippen LogP contribution in [-0.2, 0) is 22.5 Å². The number of rotatable bonds is 3. The number of nitrogens with zero attached hydrogens (tertiary/aromatic N) is 1. The molecule has 2 amide bonds. The first kappa shape index (κ1) is 22.1. The van der Waals surface area contributed by atoms with Crippen molar-refractivity contribution in [3.8, 4) is 0 Å². The molecule has 3 heterocycles. The van der Waals surface area contributed by atoms with E-state index < -0.39 is 29.5 Å². The molecule has 0 spiro atoms. The number of nitrogen functional groups attached to an aromatic ring is 1. The number of fused-ring (bicyclic) bond motifs is 2. The fourth-order valence-corrected chi connectivity index (χ4v) is 5.01. The van der Waals surface area contributed by atoms with Gasteiger partial charge in [-0.3, -0.25) is 14.5 Å². The second kappa shape index (κ2) is 7.78. The Balaban J connectivity index is 1.56. The van der Waals surface area contributed by atoms with Gasteiger partial charge < -0.3 is 15.2 Å². The van der Waals surface area contributed by atoms with Crippen LogP contribution < -0.4 is 5.73 Å². The maximum absolute atomic E-state index is 12.8. The number of imide groups is 1. The van der Waals surface area contributed by atoms with Gasteiger partial charge in [-0.15, -0.1) is 11.3 Å². The van der Waals surface area contributed by atoms with Crippen molar-refractivity contribution < 1.29 is 23.9 Å². The molecular weight excluding hydrogens is 463 g/mol. The summed E-state index contributed by atoms with van der Waals surface area (Å²) in [5.74, 6) is -1.40. The molecule has 0 saturated carbocycles. The summed E-state index contributed by atoms with van der Waals surface area (Å²) in [6.45, 7) is 5.62. The Morgan fingerprint density at radius 3 is 2.35 bits per heavy atom. The molecule has 31 heavy (non-hydrogen) atoms. The molecule has 4 rings (SSSR count). The molecule has 1 aromatic heterocycles. The maximum atomic E-state index is 12.8. The van der Waals surface area contributed by atoms with Gasteiger partial charge in [0.25, 0.3) is 11.8 Å². The maximum Gasteiger partial charge on any atom is 0.341 e. The van der Waals surface area contributed by atoms with Crippen LogP contribution in [0, 0.1) is 0 Å². The summed E-state index contributed by atoms with van der Waals surface area (Å²) in [6, 6.07) is 2.80. The summed E-state index contributed by atoms with van der Waals surface area (Å²) in [4.78, 5) is 40.2. The van der Waals surface area contributed by atoms with E-state index >= 15 is 0 Å². The topological polar surface area (TPSA) is 98.9 Å². The Morgan fingerprint density at radius 2 is 1.81 bits per heavy atom. The largest absolute Gasteiger partial charge is 0.456 e. The highest BCUT2D eigenvalue weighted by atomic mass is 35.5. The van der Waals surface area contributed by atoms with Crippen LogP contribution in [0.15, 0.2) is 12.1 Å². The molecule has 10 heteroatoms. The zero-order chi connectivity index (χ0) is 22.7. The summed E-state index contributed by atoms with van der Waals surface area (Å²) in [6.07, 6.45) is -0.164. The summed E-state index contributed by atoms with van der Waals surface area (Å²) >= 11 is 13.3. The van der Waals surface area contributed by atoms with Gasteiger partial charge >= 0.3 is 5.97 Å². The normalized spacial score (nSPS) is 18.2. The third-order valence-electron chi connectivity index (χ3n) is 5.00. The molecule has 7 nitrogen and oxygen atoms in total. The number of nitrogens with two attached hydrogens (primary N) is 1. The quantitative estimate of drug-likeness (QED) is 0.516. The highest BCUT2D eigenvalue weighted by Gasteiger charge is 2.39. The molecule has 0 radical (unpaired) electrons. The number of carbonyl (C=O) groups excluding carboxylic acids is 3. The Hall–Kier alpha value is -2.13. The Labute approximate surface area is 193 Å². The molecular formula is C21H20Cl2N2O5S. The van der Waals surface area contributed by atoms with E-state index in [2.05, 4.69) is 0 Å². The molecule has 1 aromatic carbocycles. The van der Waals surface area contributed by atoms with Crippen LogP contribution in [0.4, 0.5) is 5.00 Å². The van der Waals surface area contributed by atoms with Gasteiger partial charge in [-0.2, -0.15) is 0 Å². The minimum Gasteiger partial charge on any atom is -0.456 e. The molecule has 0 fully saturated rings. The van der Waals surface area contributed by atoms with Crippen LogP contribution in [-0.4, -0.2) is 40.9 Å². The third kappa shape index (κ3) is 4.05. The van der Waals surface area contributed by atoms with Crippen molar-refractivity contribution in [2.24, 2.45) is 0 Å². The Morgan fingerprint density at radius 1 is 1.23 bits per heavy atom. The van der Waals surface area contributed by atoms with Crippen molar-refractivity contribution in [2.45, 2.75) is 45.5 Å². The van der Waals surface area contributed by atoms with Crippen molar-refractivity contribution in [2.75, 3.05) is 12.3 Å². The number of halogens is 2. The van der Waals surface area contributed by atoms with Gasteiger partial charge in [0.15, 0.2) is 0 Å². The van der Waals surface area contributed by atoms with Crippen LogP contribution >= 0.6 is 34.5 Å². The average Bonchev–Trinajstić information content (AvgIpc) is 3.10. The van der Waals surface area contributed by atoms with Crippen LogP contribution in [0.5, 0.6) is 0 Å². The molecule has 2 N–H and O–H groups in total. The van der Waals surface area contributed by atoms with Crippen LogP contribution in [0.1, 0.15) is 62.3 Å². The highest BCUT2D eigenvalue weighted by Crippen LogP contribution is 2.38. The lowest BCUT2D eigenvalue weighted by molar-refractivity contribution is 0.00352. The molecule has 2 aliphatic rings. The molecule has 164 valence electrons. The fourth-order valence-electron chi connectivity index (χ4n) is 3.67. The van der Waals surface area contributed by atoms with Gasteiger partial charge in [0.2, 0.25) is 0 Å². The lowest BCUT2D eigenvalue weighted by atomic mass is 10.0. The number of benzene rings is 1. The zero-order valence-corrected chi connectivity index (χ0v) is 19.4. The Kier molecular flexibility index (Phi) is 5.54. The number of hydrogen-bond donors (Lipinski definition) is 1. The van der Waals surface area contributed by atoms with Gasteiger partial charge in [0, 0.05) is 11.3 Å². The van der Waals surface area contributed by atoms with Gasteiger partial charge in [0.05, 0.1) is 46.0 Å². The van der Waals surface area contributed by atoms with E-state index in [1.807, 2.05) is 0 Å². The van der Waals surface area contributed by atoms with E-state index in [0.717, 1.165) is 15.3 Å². The molecule has 2 aliphatic heterocycles. The van der Waals surface area contributed by atoms with Crippen molar-refractivity contribution in [1.29, 1.82) is 0 Å². The van der Waals surface area contributed by atoms with Crippen molar-refractivity contribution in [1.82, 2.24) is 4.90 Å². The predicted octanol–water partition coefficient (Wildman–Crippen LogP) is 4.33. The van der Waals surface area contributed by atoms with E-state index in [9.17, 15) is 14.4 Å². The second-order valence-electron chi connectivity index (χ2n) is 8.41. The molecule has 0 aliphatic carbocycles. The minimum atomic E-state index is -0.661. The van der Waals surface area contributed by atoms with Gasteiger partial charge in [-0.05, 0) is 38.5 Å². The lowest BCUT2D eigenvalue weighted by Crippen LogP contribution is -2.40. The standard InChI is InChI=1S/C21H20Cl2N2O5S/c1-21(2,3)30-20(28)16-12-4-9(29-8-15(12)31-17(16)24)7-25-18(26)10-5-13(22)14(23)6-11(10)19(25)27/h5-6,9H,4,7-8,24H2,1-3H3. The monoisotopic (exact) mass is 482 g/mol. The molecule has 0 bridgehead atoms. The molecule has 1 unspecified atom stereocenters. The van der Waals surface area contributed by atoms with E-state index in [0.29, 0.717) is 17.0 Å². The summed E-state index contributed by atoms with van der Waals surface area (Å²) < 4.78 is 11.4. The van der Waals surface area contributed by atoms with Gasteiger partial charge in [-0.1, -0.05) is 23.2 Å². The van der Waals surface area contributed by atoms with E-state index in [-0.39, 0.29) is 34.3 Å². The fraction of sp³-hybridized carbons (Fsp3) is 0.381. The number of amides is 2. The Bertz CT molecular complexity index is 1080.